The molecule has 0 amide bonds. The standard InChI is InChI=1S/C11H6F2N.C11H22O2.Pt/c12-8-4-5-9(10(13)7-8)11-3-1-2-6-14-11;1-10(2,3)8(12)7-9(13)11(4,5)6;/h1-4,6-7H;7-8,12-13H,1-6H3;/q-1;;. The molecule has 0 saturated carbocycles. The van der Waals surface area contributed by atoms with Crippen molar-refractivity contribution in [3.63, 3.8) is 0 Å². The fourth-order valence-electron chi connectivity index (χ4n) is 1.80. The van der Waals surface area contributed by atoms with Crippen molar-refractivity contribution in [2.75, 3.05) is 0 Å². The number of allylic oxidation sites excluding steroid dienone is 1. The second kappa shape index (κ2) is 10.8. The number of hydrogen-bond donors (Lipinski definition) is 2. The first-order valence-electron chi connectivity index (χ1n) is 8.70. The van der Waals surface area contributed by atoms with Crippen molar-refractivity contribution in [1.29, 1.82) is 0 Å². The Labute approximate surface area is 180 Å². The van der Waals surface area contributed by atoms with Gasteiger partial charge in [0, 0.05) is 44.3 Å². The van der Waals surface area contributed by atoms with E-state index in [1.54, 1.807) is 24.4 Å². The third-order valence-electron chi connectivity index (χ3n) is 3.75. The molecule has 1 aromatic carbocycles. The van der Waals surface area contributed by atoms with Gasteiger partial charge in [0.25, 0.3) is 0 Å². The molecule has 1 aromatic heterocycles. The molecule has 2 rings (SSSR count). The maximum atomic E-state index is 13.2. The molecule has 6 heteroatoms. The van der Waals surface area contributed by atoms with Crippen LogP contribution < -0.4 is 0 Å². The number of hydrogen-bond acceptors (Lipinski definition) is 3. The Morgan fingerprint density at radius 3 is 2.18 bits per heavy atom. The Hall–Kier alpha value is -1.58. The zero-order valence-electron chi connectivity index (χ0n) is 17.0. The Balaban J connectivity index is 0.000000505. The molecule has 2 aromatic rings. The molecule has 0 saturated heterocycles. The van der Waals surface area contributed by atoms with Crippen molar-refractivity contribution in [2.45, 2.75) is 47.6 Å². The maximum Gasteiger partial charge on any atom is 0.0961 e. The first-order chi connectivity index (χ1) is 12.3. The van der Waals surface area contributed by atoms with E-state index in [4.69, 9.17) is 0 Å². The smallest absolute Gasteiger partial charge is 0.0961 e. The van der Waals surface area contributed by atoms with E-state index >= 15 is 0 Å². The van der Waals surface area contributed by atoms with Crippen LogP contribution in [0, 0.1) is 28.5 Å². The van der Waals surface area contributed by atoms with Crippen LogP contribution in [0.2, 0.25) is 0 Å². The summed E-state index contributed by atoms with van der Waals surface area (Å²) in [5, 5.41) is 19.3. The molecule has 2 N–H and O–H groups in total. The normalized spacial score (nSPS) is 13.1. The fraction of sp³-hybridized carbons (Fsp3) is 0.409. The van der Waals surface area contributed by atoms with Gasteiger partial charge in [-0.1, -0.05) is 65.3 Å². The van der Waals surface area contributed by atoms with Crippen molar-refractivity contribution in [2.24, 2.45) is 10.8 Å². The molecule has 0 aliphatic heterocycles. The van der Waals surface area contributed by atoms with Crippen LogP contribution >= 0.6 is 0 Å². The molecular formula is C22H28F2NO2Pt-. The summed E-state index contributed by atoms with van der Waals surface area (Å²) in [4.78, 5) is 3.95. The average molecular weight is 572 g/mol. The molecule has 158 valence electrons. The van der Waals surface area contributed by atoms with Crippen LogP contribution in [0.1, 0.15) is 41.5 Å². The Kier molecular flexibility index (Phi) is 10.2. The van der Waals surface area contributed by atoms with Crippen molar-refractivity contribution < 1.29 is 40.1 Å². The molecule has 3 nitrogen and oxygen atoms in total. The number of rotatable bonds is 2. The molecule has 1 heterocycles. The number of aliphatic hydroxyl groups excluding tert-OH is 2. The van der Waals surface area contributed by atoms with Crippen LogP contribution in [0.25, 0.3) is 11.3 Å². The number of aromatic nitrogens is 1. The van der Waals surface area contributed by atoms with Crippen LogP contribution in [-0.2, 0) is 21.1 Å². The third kappa shape index (κ3) is 8.62. The summed E-state index contributed by atoms with van der Waals surface area (Å²) in [6, 6.07) is 9.53. The summed E-state index contributed by atoms with van der Waals surface area (Å²) < 4.78 is 25.8. The van der Waals surface area contributed by atoms with E-state index in [2.05, 4.69) is 11.1 Å². The zero-order chi connectivity index (χ0) is 20.8. The van der Waals surface area contributed by atoms with Crippen molar-refractivity contribution in [1.82, 2.24) is 4.98 Å². The van der Waals surface area contributed by atoms with Gasteiger partial charge in [0.1, 0.15) is 0 Å². The zero-order valence-corrected chi connectivity index (χ0v) is 19.3. The molecular weight excluding hydrogens is 543 g/mol. The van der Waals surface area contributed by atoms with E-state index in [9.17, 15) is 19.0 Å². The van der Waals surface area contributed by atoms with Gasteiger partial charge in [-0.05, 0) is 23.3 Å². The number of aliphatic hydroxyl groups is 2. The van der Waals surface area contributed by atoms with Crippen LogP contribution in [0.4, 0.5) is 8.78 Å². The quantitative estimate of drug-likeness (QED) is 0.359. The van der Waals surface area contributed by atoms with Crippen LogP contribution in [0.3, 0.4) is 0 Å². The molecule has 0 spiro atoms. The Morgan fingerprint density at radius 2 is 1.75 bits per heavy atom. The molecule has 0 fully saturated rings. The SMILES string of the molecule is CC(C)(C)C(O)=CC(O)C(C)(C)C.Fc1c[c-]c(-c2ccccn2)c(F)c1.[Pt]. The van der Waals surface area contributed by atoms with Gasteiger partial charge >= 0.3 is 0 Å². The predicted octanol–water partition coefficient (Wildman–Crippen LogP) is 5.71. The first kappa shape index (κ1) is 26.4. The van der Waals surface area contributed by atoms with Gasteiger partial charge in [-0.3, -0.25) is 8.78 Å². The van der Waals surface area contributed by atoms with Crippen molar-refractivity contribution >= 4 is 0 Å². The molecule has 0 aliphatic rings. The topological polar surface area (TPSA) is 53.4 Å². The number of nitrogens with zero attached hydrogens (tertiary/aromatic N) is 1. The fourth-order valence-corrected chi connectivity index (χ4v) is 1.80. The minimum atomic E-state index is -0.649. The summed E-state index contributed by atoms with van der Waals surface area (Å²) in [7, 11) is 0. The Morgan fingerprint density at radius 1 is 1.14 bits per heavy atom. The van der Waals surface area contributed by atoms with Gasteiger partial charge in [-0.2, -0.15) is 0 Å². The predicted molar refractivity (Wildman–Crippen MR) is 104 cm³/mol. The summed E-state index contributed by atoms with van der Waals surface area (Å²) in [5.74, 6) is -1.04. The van der Waals surface area contributed by atoms with Crippen molar-refractivity contribution in [3.8, 4) is 11.3 Å². The molecule has 1 unspecified atom stereocenters. The molecule has 28 heavy (non-hydrogen) atoms. The van der Waals surface area contributed by atoms with Gasteiger partial charge in [0.05, 0.1) is 11.9 Å². The van der Waals surface area contributed by atoms with E-state index in [0.717, 1.165) is 12.1 Å². The first-order valence-corrected chi connectivity index (χ1v) is 8.70. The monoisotopic (exact) mass is 571 g/mol. The van der Waals surface area contributed by atoms with Crippen LogP contribution in [0.15, 0.2) is 48.4 Å². The molecule has 1 atom stereocenters. The maximum absolute atomic E-state index is 13.2. The van der Waals surface area contributed by atoms with Gasteiger partial charge < -0.3 is 15.2 Å². The molecule has 0 radical (unpaired) electrons. The van der Waals surface area contributed by atoms with Crippen LogP contribution in [-0.4, -0.2) is 21.3 Å². The van der Waals surface area contributed by atoms with Gasteiger partial charge in [0.15, 0.2) is 0 Å². The van der Waals surface area contributed by atoms with E-state index in [1.165, 1.54) is 6.08 Å². The summed E-state index contributed by atoms with van der Waals surface area (Å²) in [6.45, 7) is 11.5. The largest absolute Gasteiger partial charge is 0.512 e. The third-order valence-corrected chi connectivity index (χ3v) is 3.75. The number of halogens is 2. The van der Waals surface area contributed by atoms with E-state index in [0.29, 0.717) is 5.69 Å². The van der Waals surface area contributed by atoms with E-state index in [-0.39, 0.29) is 43.2 Å². The average Bonchev–Trinajstić information content (AvgIpc) is 2.54. The minimum absolute atomic E-state index is 0. The van der Waals surface area contributed by atoms with E-state index < -0.39 is 17.7 Å². The van der Waals surface area contributed by atoms with Gasteiger partial charge in [0.2, 0.25) is 0 Å². The summed E-state index contributed by atoms with van der Waals surface area (Å²) in [5.41, 5.74) is 0.128. The minimum Gasteiger partial charge on any atom is -0.512 e. The van der Waals surface area contributed by atoms with Gasteiger partial charge in [-0.25, -0.2) is 0 Å². The molecule has 0 aliphatic carbocycles. The summed E-state index contributed by atoms with van der Waals surface area (Å²) in [6.07, 6.45) is 2.47. The number of benzene rings is 1. The van der Waals surface area contributed by atoms with Crippen LogP contribution in [0.5, 0.6) is 0 Å². The summed E-state index contributed by atoms with van der Waals surface area (Å²) >= 11 is 0. The Bertz CT molecular complexity index is 766. The van der Waals surface area contributed by atoms with E-state index in [1.807, 2.05) is 41.5 Å². The van der Waals surface area contributed by atoms with Crippen molar-refractivity contribution in [3.05, 3.63) is 66.1 Å². The second-order valence-electron chi connectivity index (χ2n) is 8.37. The molecule has 0 bridgehead atoms. The number of pyridine rings is 1. The van der Waals surface area contributed by atoms with Gasteiger partial charge in [-0.15, -0.1) is 12.1 Å². The second-order valence-corrected chi connectivity index (χ2v) is 8.37.